The standard InChI is InChI=1S/C17H18BrN5O2/c1-7-5-6-10(25-4)8(2)13(7)23-15(19)11(16(20)24)12-17(23)22-14(18)9(3)21-12/h5-6H,19H2,1-4H3,(H2,20,24)/i3D3. The number of anilines is 1. The first kappa shape index (κ1) is 13.7. The summed E-state index contributed by atoms with van der Waals surface area (Å²) in [6.45, 7) is 1.18. The molecule has 2 aromatic heterocycles. The van der Waals surface area contributed by atoms with Gasteiger partial charge < -0.3 is 16.2 Å². The minimum absolute atomic E-state index is 0.0246. The Morgan fingerprint density at radius 3 is 2.68 bits per heavy atom. The van der Waals surface area contributed by atoms with Gasteiger partial charge in [-0.05, 0) is 48.3 Å². The second kappa shape index (κ2) is 6.03. The summed E-state index contributed by atoms with van der Waals surface area (Å²) in [7, 11) is 1.55. The molecule has 0 aliphatic rings. The Hall–Kier alpha value is -2.61. The molecule has 0 aliphatic carbocycles. The molecule has 0 spiro atoms. The third kappa shape index (κ3) is 2.53. The summed E-state index contributed by atoms with van der Waals surface area (Å²) in [6.07, 6.45) is 0. The van der Waals surface area contributed by atoms with Crippen molar-refractivity contribution in [1.82, 2.24) is 14.5 Å². The zero-order chi connectivity index (χ0) is 21.0. The first-order valence-corrected chi connectivity index (χ1v) is 8.10. The second-order valence-corrected chi connectivity index (χ2v) is 6.30. The number of carbonyl (C=O) groups is 1. The highest BCUT2D eigenvalue weighted by atomic mass is 79.9. The molecule has 1 amide bonds. The molecule has 0 fully saturated rings. The number of halogens is 1. The third-order valence-electron chi connectivity index (χ3n) is 4.05. The van der Waals surface area contributed by atoms with Gasteiger partial charge in [0.05, 0.1) is 18.5 Å². The molecule has 25 heavy (non-hydrogen) atoms. The Morgan fingerprint density at radius 1 is 1.36 bits per heavy atom. The van der Waals surface area contributed by atoms with E-state index in [1.54, 1.807) is 11.7 Å². The van der Waals surface area contributed by atoms with Crippen LogP contribution >= 0.6 is 15.9 Å². The maximum atomic E-state index is 12.1. The SMILES string of the molecule is [2H]C([2H])([2H])c1nc2c(C(N)=O)c(N)n(-c3c(C)ccc(OC)c3C)c2nc1Br. The first-order valence-electron chi connectivity index (χ1n) is 8.81. The topological polar surface area (TPSA) is 109 Å². The van der Waals surface area contributed by atoms with Crippen LogP contribution in [0, 0.1) is 20.7 Å². The number of hydrogen-bond donors (Lipinski definition) is 2. The van der Waals surface area contributed by atoms with Gasteiger partial charge in [-0.2, -0.15) is 0 Å². The molecule has 3 aromatic rings. The number of hydrogen-bond acceptors (Lipinski definition) is 5. The van der Waals surface area contributed by atoms with E-state index < -0.39 is 12.8 Å². The van der Waals surface area contributed by atoms with Crippen molar-refractivity contribution in [3.8, 4) is 11.4 Å². The van der Waals surface area contributed by atoms with Gasteiger partial charge in [0.2, 0.25) is 0 Å². The molecule has 1 aromatic carbocycles. The summed E-state index contributed by atoms with van der Waals surface area (Å²) in [5.74, 6) is -0.183. The van der Waals surface area contributed by atoms with E-state index in [9.17, 15) is 4.79 Å². The number of rotatable bonds is 3. The molecule has 0 unspecified atom stereocenters. The molecule has 4 N–H and O–H groups in total. The van der Waals surface area contributed by atoms with Gasteiger partial charge >= 0.3 is 0 Å². The van der Waals surface area contributed by atoms with E-state index in [2.05, 4.69) is 25.9 Å². The van der Waals surface area contributed by atoms with Gasteiger partial charge in [-0.15, -0.1) is 0 Å². The highest BCUT2D eigenvalue weighted by molar-refractivity contribution is 9.10. The lowest BCUT2D eigenvalue weighted by molar-refractivity contribution is 0.100. The van der Waals surface area contributed by atoms with Gasteiger partial charge in [0.1, 0.15) is 27.3 Å². The Balaban J connectivity index is 2.52. The quantitative estimate of drug-likeness (QED) is 0.694. The molecule has 3 rings (SSSR count). The number of nitrogens with two attached hydrogens (primary N) is 2. The summed E-state index contributed by atoms with van der Waals surface area (Å²) < 4.78 is 29.9. The Bertz CT molecular complexity index is 1120. The van der Waals surface area contributed by atoms with Crippen molar-refractivity contribution >= 4 is 38.8 Å². The van der Waals surface area contributed by atoms with Crippen molar-refractivity contribution in [3.63, 3.8) is 0 Å². The summed E-state index contributed by atoms with van der Waals surface area (Å²) in [6, 6.07) is 3.66. The fraction of sp³-hybridized carbons (Fsp3) is 0.235. The molecule has 2 heterocycles. The molecule has 0 aliphatic heterocycles. The van der Waals surface area contributed by atoms with Crippen molar-refractivity contribution in [2.45, 2.75) is 20.7 Å². The van der Waals surface area contributed by atoms with Crippen LogP contribution in [0.4, 0.5) is 5.82 Å². The largest absolute Gasteiger partial charge is 0.496 e. The van der Waals surface area contributed by atoms with Crippen molar-refractivity contribution < 1.29 is 13.6 Å². The minimum atomic E-state index is -2.53. The maximum Gasteiger partial charge on any atom is 0.254 e. The van der Waals surface area contributed by atoms with Crippen molar-refractivity contribution in [3.05, 3.63) is 39.1 Å². The first-order chi connectivity index (χ1) is 13.0. The molecule has 7 nitrogen and oxygen atoms in total. The lowest BCUT2D eigenvalue weighted by Gasteiger charge is -2.16. The van der Waals surface area contributed by atoms with E-state index in [-0.39, 0.29) is 32.8 Å². The Kier molecular flexibility index (Phi) is 3.30. The number of nitrogens with zero attached hydrogens (tertiary/aromatic N) is 3. The number of primary amides is 1. The Labute approximate surface area is 157 Å². The molecule has 8 heteroatoms. The van der Waals surface area contributed by atoms with Gasteiger partial charge in [0.25, 0.3) is 5.91 Å². The average Bonchev–Trinajstić information content (AvgIpc) is 2.85. The van der Waals surface area contributed by atoms with Crippen LogP contribution in [0.25, 0.3) is 16.9 Å². The number of ether oxygens (including phenoxy) is 1. The van der Waals surface area contributed by atoms with Crippen LogP contribution < -0.4 is 16.2 Å². The van der Waals surface area contributed by atoms with Gasteiger partial charge in [-0.1, -0.05) is 6.07 Å². The van der Waals surface area contributed by atoms with Crippen LogP contribution in [0.3, 0.4) is 0 Å². The summed E-state index contributed by atoms with van der Waals surface area (Å²) in [5.41, 5.74) is 13.9. The van der Waals surface area contributed by atoms with E-state index in [0.29, 0.717) is 11.4 Å². The van der Waals surface area contributed by atoms with Gasteiger partial charge in [0, 0.05) is 9.68 Å². The predicted octanol–water partition coefficient (Wildman–Crippen LogP) is 2.80. The third-order valence-corrected chi connectivity index (χ3v) is 4.61. The van der Waals surface area contributed by atoms with Crippen molar-refractivity contribution in [2.24, 2.45) is 5.73 Å². The van der Waals surface area contributed by atoms with E-state index in [1.165, 1.54) is 0 Å². The maximum absolute atomic E-state index is 12.1. The number of nitrogen functional groups attached to an aromatic ring is 1. The van der Waals surface area contributed by atoms with Crippen LogP contribution in [-0.4, -0.2) is 27.6 Å². The fourth-order valence-electron chi connectivity index (χ4n) is 2.93. The highest BCUT2D eigenvalue weighted by Gasteiger charge is 2.25. The fourth-order valence-corrected chi connectivity index (χ4v) is 3.19. The van der Waals surface area contributed by atoms with Crippen molar-refractivity contribution in [2.75, 3.05) is 12.8 Å². The molecule has 0 saturated carbocycles. The van der Waals surface area contributed by atoms with Crippen LogP contribution in [0.2, 0.25) is 0 Å². The molecule has 0 saturated heterocycles. The van der Waals surface area contributed by atoms with E-state index in [0.717, 1.165) is 11.1 Å². The predicted molar refractivity (Wildman–Crippen MR) is 100 cm³/mol. The lowest BCUT2D eigenvalue weighted by atomic mass is 10.1. The average molecular weight is 407 g/mol. The highest BCUT2D eigenvalue weighted by Crippen LogP contribution is 2.35. The number of fused-ring (bicyclic) bond motifs is 1. The number of carbonyl (C=O) groups excluding carboxylic acids is 1. The number of amides is 1. The smallest absolute Gasteiger partial charge is 0.254 e. The normalized spacial score (nSPS) is 13.4. The minimum Gasteiger partial charge on any atom is -0.496 e. The molecule has 0 radical (unpaired) electrons. The molecule has 130 valence electrons. The molecule has 0 atom stereocenters. The van der Waals surface area contributed by atoms with Gasteiger partial charge in [-0.25, -0.2) is 9.97 Å². The summed E-state index contributed by atoms with van der Waals surface area (Å²) >= 11 is 3.17. The molecular weight excluding hydrogens is 386 g/mol. The Morgan fingerprint density at radius 2 is 2.08 bits per heavy atom. The number of benzene rings is 1. The van der Waals surface area contributed by atoms with E-state index in [1.807, 2.05) is 26.0 Å². The number of aryl methyl sites for hydroxylation is 2. The lowest BCUT2D eigenvalue weighted by Crippen LogP contribution is -2.14. The van der Waals surface area contributed by atoms with E-state index >= 15 is 0 Å². The van der Waals surface area contributed by atoms with Gasteiger partial charge in [-0.3, -0.25) is 9.36 Å². The zero-order valence-corrected chi connectivity index (χ0v) is 15.4. The van der Waals surface area contributed by atoms with Crippen LogP contribution in [0.15, 0.2) is 16.7 Å². The zero-order valence-electron chi connectivity index (χ0n) is 16.8. The van der Waals surface area contributed by atoms with Crippen LogP contribution in [0.5, 0.6) is 5.75 Å². The number of aromatic nitrogens is 3. The molecular formula is C17H18BrN5O2. The van der Waals surface area contributed by atoms with Crippen LogP contribution in [0.1, 0.15) is 31.3 Å². The number of methoxy groups -OCH3 is 1. The second-order valence-electron chi connectivity index (χ2n) is 5.55. The van der Waals surface area contributed by atoms with Crippen LogP contribution in [-0.2, 0) is 0 Å². The monoisotopic (exact) mass is 406 g/mol. The summed E-state index contributed by atoms with van der Waals surface area (Å²) in [4.78, 5) is 20.6. The van der Waals surface area contributed by atoms with E-state index in [4.69, 9.17) is 20.3 Å². The van der Waals surface area contributed by atoms with Crippen molar-refractivity contribution in [1.29, 1.82) is 0 Å². The van der Waals surface area contributed by atoms with Gasteiger partial charge in [0.15, 0.2) is 5.65 Å². The summed E-state index contributed by atoms with van der Waals surface area (Å²) in [5, 5.41) is 0. The molecule has 0 bridgehead atoms.